The van der Waals surface area contributed by atoms with E-state index in [1.165, 1.54) is 4.90 Å². The van der Waals surface area contributed by atoms with Crippen molar-refractivity contribution >= 4 is 60.8 Å². The highest BCUT2D eigenvalue weighted by Gasteiger charge is 2.34. The second-order valence-corrected chi connectivity index (χ2v) is 7.40. The number of nitrogens with zero attached hydrogens (tertiary/aromatic N) is 2. The van der Waals surface area contributed by atoms with Gasteiger partial charge < -0.3 is 9.80 Å². The van der Waals surface area contributed by atoms with Crippen molar-refractivity contribution in [3.05, 3.63) is 56.5 Å². The van der Waals surface area contributed by atoms with Crippen LogP contribution >= 0.6 is 31.9 Å². The summed E-state index contributed by atoms with van der Waals surface area (Å²) in [6.45, 7) is 0. The first-order valence-electron chi connectivity index (χ1n) is 7.81. The van der Waals surface area contributed by atoms with Gasteiger partial charge in [0.2, 0.25) is 5.91 Å². The molecule has 0 aromatic heterocycles. The third kappa shape index (κ3) is 3.96. The van der Waals surface area contributed by atoms with Crippen molar-refractivity contribution in [1.82, 2.24) is 0 Å². The minimum absolute atomic E-state index is 0.164. The minimum atomic E-state index is -0.470. The van der Waals surface area contributed by atoms with Crippen LogP contribution in [-0.4, -0.2) is 31.7 Å². The summed E-state index contributed by atoms with van der Waals surface area (Å²) >= 11 is 6.67. The number of amides is 2. The standard InChI is InChI=1S/C9H6BrNO2.C9H8BrNO.H4N2/c1-11-6-4-2-3-5(10)7(6)8(12)9(11)13;1-11-8-4-2-3-7(10)6(8)5-9(11)12;1-2/h2-4H,1H3;2-4H,5H2,1H3;1-2H2. The summed E-state index contributed by atoms with van der Waals surface area (Å²) < 4.78 is 1.70. The molecule has 27 heavy (non-hydrogen) atoms. The molecule has 2 aromatic carbocycles. The quantitative estimate of drug-likeness (QED) is 0.330. The summed E-state index contributed by atoms with van der Waals surface area (Å²) in [5, 5.41) is 0. The lowest BCUT2D eigenvalue weighted by atomic mass is 10.1. The van der Waals surface area contributed by atoms with E-state index in [9.17, 15) is 14.4 Å². The molecule has 2 aliphatic rings. The number of carbonyl (C=O) groups excluding carboxylic acids is 3. The average molecular weight is 498 g/mol. The number of ketones is 1. The molecular formula is C18H18Br2N4O3. The van der Waals surface area contributed by atoms with Crippen LogP contribution in [0.4, 0.5) is 11.4 Å². The van der Waals surface area contributed by atoms with E-state index in [1.807, 2.05) is 18.2 Å². The normalized spacial score (nSPS) is 14.2. The summed E-state index contributed by atoms with van der Waals surface area (Å²) in [5.41, 5.74) is 3.26. The Bertz CT molecular complexity index is 917. The van der Waals surface area contributed by atoms with Gasteiger partial charge in [-0.15, -0.1) is 0 Å². The number of hydrogen-bond acceptors (Lipinski definition) is 5. The van der Waals surface area contributed by atoms with E-state index in [0.29, 0.717) is 22.1 Å². The van der Waals surface area contributed by atoms with Gasteiger partial charge in [-0.3, -0.25) is 26.1 Å². The van der Waals surface area contributed by atoms with Crippen molar-refractivity contribution in [3.8, 4) is 0 Å². The molecule has 0 aliphatic carbocycles. The molecule has 0 bridgehead atoms. The SMILES string of the molecule is CN1C(=O)C(=O)c2c(Br)cccc21.CN1C(=O)Cc2c(Br)cccc21.NN. The first kappa shape index (κ1) is 21.2. The number of benzene rings is 2. The van der Waals surface area contributed by atoms with Crippen LogP contribution in [0.25, 0.3) is 0 Å². The largest absolute Gasteiger partial charge is 0.315 e. The number of rotatable bonds is 0. The number of anilines is 2. The Morgan fingerprint density at radius 1 is 0.852 bits per heavy atom. The van der Waals surface area contributed by atoms with Gasteiger partial charge in [0.1, 0.15) is 0 Å². The lowest BCUT2D eigenvalue weighted by Crippen LogP contribution is -2.24. The highest BCUT2D eigenvalue weighted by Crippen LogP contribution is 2.33. The molecular weight excluding hydrogens is 480 g/mol. The molecule has 0 fully saturated rings. The summed E-state index contributed by atoms with van der Waals surface area (Å²) in [7, 11) is 3.40. The Balaban J connectivity index is 0.000000178. The monoisotopic (exact) mass is 496 g/mol. The van der Waals surface area contributed by atoms with Gasteiger partial charge in [-0.1, -0.05) is 28.1 Å². The highest BCUT2D eigenvalue weighted by molar-refractivity contribution is 9.10. The second kappa shape index (κ2) is 8.75. The van der Waals surface area contributed by atoms with Crippen LogP contribution in [0, 0.1) is 0 Å². The Kier molecular flexibility index (Phi) is 6.88. The number of fused-ring (bicyclic) bond motifs is 2. The number of Topliss-reactive ketones (excluding diaryl/α,β-unsaturated/α-hetero) is 1. The number of halogens is 2. The molecule has 0 unspecified atom stereocenters. The smallest absolute Gasteiger partial charge is 0.299 e. The van der Waals surface area contributed by atoms with Gasteiger partial charge in [-0.25, -0.2) is 0 Å². The first-order chi connectivity index (χ1) is 12.8. The number of likely N-dealkylation sites (N-methyl/N-ethyl adjacent to an activating group) is 2. The Labute approximate surface area is 173 Å². The molecule has 4 N–H and O–H groups in total. The van der Waals surface area contributed by atoms with Gasteiger partial charge in [-0.2, -0.15) is 0 Å². The van der Waals surface area contributed by atoms with E-state index in [2.05, 4.69) is 43.5 Å². The van der Waals surface area contributed by atoms with Crippen LogP contribution in [0.1, 0.15) is 15.9 Å². The number of hydrazine groups is 1. The van der Waals surface area contributed by atoms with Gasteiger partial charge in [0.05, 0.1) is 17.7 Å². The molecule has 2 heterocycles. The Morgan fingerprint density at radius 2 is 1.41 bits per heavy atom. The van der Waals surface area contributed by atoms with Gasteiger partial charge in [0, 0.05) is 28.7 Å². The van der Waals surface area contributed by atoms with Gasteiger partial charge in [0.25, 0.3) is 11.7 Å². The molecule has 2 aliphatic heterocycles. The molecule has 2 aromatic rings. The van der Waals surface area contributed by atoms with Crippen molar-refractivity contribution in [1.29, 1.82) is 0 Å². The van der Waals surface area contributed by atoms with Crippen LogP contribution in [0.2, 0.25) is 0 Å². The fraction of sp³-hybridized carbons (Fsp3) is 0.167. The molecule has 0 atom stereocenters. The zero-order valence-electron chi connectivity index (χ0n) is 14.7. The molecule has 0 saturated heterocycles. The Morgan fingerprint density at radius 3 is 1.96 bits per heavy atom. The zero-order valence-corrected chi connectivity index (χ0v) is 17.9. The molecule has 9 heteroatoms. The van der Waals surface area contributed by atoms with Crippen LogP contribution in [0.5, 0.6) is 0 Å². The van der Waals surface area contributed by atoms with E-state index >= 15 is 0 Å². The Hall–Kier alpha value is -2.07. The maximum atomic E-state index is 11.4. The number of carbonyl (C=O) groups is 3. The van der Waals surface area contributed by atoms with Crippen molar-refractivity contribution < 1.29 is 14.4 Å². The summed E-state index contributed by atoms with van der Waals surface area (Å²) in [6.07, 6.45) is 0.521. The van der Waals surface area contributed by atoms with Crippen LogP contribution in [0.3, 0.4) is 0 Å². The van der Waals surface area contributed by atoms with Crippen molar-refractivity contribution in [2.45, 2.75) is 6.42 Å². The highest BCUT2D eigenvalue weighted by atomic mass is 79.9. The number of nitrogens with two attached hydrogens (primary N) is 2. The molecule has 0 spiro atoms. The van der Waals surface area contributed by atoms with Crippen LogP contribution in [-0.2, 0) is 16.0 Å². The molecule has 0 radical (unpaired) electrons. The lowest BCUT2D eigenvalue weighted by Gasteiger charge is -2.09. The fourth-order valence-corrected chi connectivity index (χ4v) is 3.86. The minimum Gasteiger partial charge on any atom is -0.315 e. The van der Waals surface area contributed by atoms with Gasteiger partial charge >= 0.3 is 0 Å². The molecule has 4 rings (SSSR count). The van der Waals surface area contributed by atoms with E-state index in [4.69, 9.17) is 0 Å². The maximum absolute atomic E-state index is 11.4. The van der Waals surface area contributed by atoms with Crippen molar-refractivity contribution in [2.75, 3.05) is 23.9 Å². The maximum Gasteiger partial charge on any atom is 0.299 e. The van der Waals surface area contributed by atoms with E-state index in [0.717, 1.165) is 15.7 Å². The predicted molar refractivity (Wildman–Crippen MR) is 112 cm³/mol. The molecule has 0 saturated carbocycles. The molecule has 7 nitrogen and oxygen atoms in total. The lowest BCUT2D eigenvalue weighted by molar-refractivity contribution is -0.117. The van der Waals surface area contributed by atoms with E-state index < -0.39 is 11.7 Å². The van der Waals surface area contributed by atoms with Gasteiger partial charge in [0.15, 0.2) is 0 Å². The zero-order chi connectivity index (χ0) is 20.3. The first-order valence-corrected chi connectivity index (χ1v) is 9.39. The van der Waals surface area contributed by atoms with Gasteiger partial charge in [-0.05, 0) is 45.8 Å². The van der Waals surface area contributed by atoms with Crippen molar-refractivity contribution in [2.24, 2.45) is 11.7 Å². The summed E-state index contributed by atoms with van der Waals surface area (Å²) in [5.74, 6) is 7.25. The number of hydrogen-bond donors (Lipinski definition) is 2. The van der Waals surface area contributed by atoms with Crippen molar-refractivity contribution in [3.63, 3.8) is 0 Å². The summed E-state index contributed by atoms with van der Waals surface area (Å²) in [6, 6.07) is 11.2. The fourth-order valence-electron chi connectivity index (χ4n) is 2.83. The van der Waals surface area contributed by atoms with Crippen LogP contribution in [0.15, 0.2) is 45.3 Å². The molecule has 2 amide bonds. The predicted octanol–water partition coefficient (Wildman–Crippen LogP) is 2.40. The van der Waals surface area contributed by atoms with Crippen LogP contribution < -0.4 is 21.5 Å². The van der Waals surface area contributed by atoms with E-state index in [1.54, 1.807) is 37.2 Å². The summed E-state index contributed by atoms with van der Waals surface area (Å²) in [4.78, 5) is 37.0. The third-order valence-corrected chi connectivity index (χ3v) is 5.64. The molecule has 142 valence electrons. The topological polar surface area (TPSA) is 110 Å². The average Bonchev–Trinajstić information content (AvgIpc) is 3.09. The van der Waals surface area contributed by atoms with E-state index in [-0.39, 0.29) is 5.91 Å². The third-order valence-electron chi connectivity index (χ3n) is 4.24. The second-order valence-electron chi connectivity index (χ2n) is 5.69.